The predicted octanol–water partition coefficient (Wildman–Crippen LogP) is 4.61. The topological polar surface area (TPSA) is 29.5 Å². The minimum absolute atomic E-state index is 0.172. The molecule has 1 saturated heterocycles. The number of rotatable bonds is 2. The minimum atomic E-state index is -0.208. The molecule has 3 nitrogen and oxygen atoms in total. The SMILES string of the molecule is CC1CC(C)(C)N(C(=O)OCc2ccccc2)C(C)(C)C1. The van der Waals surface area contributed by atoms with Gasteiger partial charge in [0, 0.05) is 11.1 Å². The van der Waals surface area contributed by atoms with E-state index in [0.29, 0.717) is 12.5 Å². The molecule has 0 radical (unpaired) electrons. The first-order valence-electron chi connectivity index (χ1n) is 7.73. The second kappa shape index (κ2) is 5.70. The summed E-state index contributed by atoms with van der Waals surface area (Å²) in [6.45, 7) is 11.1. The van der Waals surface area contributed by atoms with Gasteiger partial charge in [0.2, 0.25) is 0 Å². The van der Waals surface area contributed by atoms with Gasteiger partial charge in [-0.25, -0.2) is 4.79 Å². The molecule has 0 aromatic heterocycles. The van der Waals surface area contributed by atoms with Crippen LogP contribution in [0.3, 0.4) is 0 Å². The highest BCUT2D eigenvalue weighted by atomic mass is 16.6. The predicted molar refractivity (Wildman–Crippen MR) is 85.0 cm³/mol. The molecule has 0 unspecified atom stereocenters. The Hall–Kier alpha value is -1.51. The molecule has 1 aliphatic rings. The molecule has 0 atom stereocenters. The maximum atomic E-state index is 12.6. The minimum Gasteiger partial charge on any atom is -0.445 e. The van der Waals surface area contributed by atoms with Gasteiger partial charge in [0.15, 0.2) is 0 Å². The van der Waals surface area contributed by atoms with Crippen molar-refractivity contribution in [1.29, 1.82) is 0 Å². The fourth-order valence-electron chi connectivity index (χ4n) is 4.06. The van der Waals surface area contributed by atoms with Crippen molar-refractivity contribution in [3.8, 4) is 0 Å². The van der Waals surface area contributed by atoms with Gasteiger partial charge in [-0.1, -0.05) is 37.3 Å². The van der Waals surface area contributed by atoms with Crippen molar-refractivity contribution in [2.24, 2.45) is 5.92 Å². The molecule has 2 rings (SSSR count). The molecule has 1 fully saturated rings. The van der Waals surface area contributed by atoms with Crippen molar-refractivity contribution in [3.63, 3.8) is 0 Å². The fourth-order valence-corrected chi connectivity index (χ4v) is 4.06. The molecule has 116 valence electrons. The number of hydrogen-bond donors (Lipinski definition) is 0. The van der Waals surface area contributed by atoms with E-state index in [4.69, 9.17) is 4.74 Å². The molecule has 0 spiro atoms. The zero-order chi connectivity index (χ0) is 15.7. The summed E-state index contributed by atoms with van der Waals surface area (Å²) >= 11 is 0. The molecule has 1 aromatic rings. The van der Waals surface area contributed by atoms with Gasteiger partial charge >= 0.3 is 6.09 Å². The lowest BCUT2D eigenvalue weighted by Gasteiger charge is -2.53. The van der Waals surface area contributed by atoms with Crippen LogP contribution >= 0.6 is 0 Å². The Balaban J connectivity index is 2.09. The summed E-state index contributed by atoms with van der Waals surface area (Å²) in [6, 6.07) is 9.83. The van der Waals surface area contributed by atoms with Gasteiger partial charge in [-0.15, -0.1) is 0 Å². The van der Waals surface area contributed by atoms with Gasteiger partial charge in [-0.05, 0) is 52.0 Å². The maximum Gasteiger partial charge on any atom is 0.410 e. The molecule has 0 N–H and O–H groups in total. The molecule has 1 aliphatic heterocycles. The molecule has 3 heteroatoms. The normalized spacial score (nSPS) is 21.1. The largest absolute Gasteiger partial charge is 0.445 e. The van der Waals surface area contributed by atoms with Gasteiger partial charge in [0.1, 0.15) is 6.61 Å². The Kier molecular flexibility index (Phi) is 4.31. The van der Waals surface area contributed by atoms with Crippen LogP contribution in [0.1, 0.15) is 53.0 Å². The van der Waals surface area contributed by atoms with Crippen LogP contribution in [0.5, 0.6) is 0 Å². The maximum absolute atomic E-state index is 12.6. The molecule has 1 heterocycles. The number of piperidine rings is 1. The number of ether oxygens (including phenoxy) is 1. The van der Waals surface area contributed by atoms with E-state index in [1.54, 1.807) is 0 Å². The smallest absolute Gasteiger partial charge is 0.410 e. The van der Waals surface area contributed by atoms with E-state index >= 15 is 0 Å². The van der Waals surface area contributed by atoms with Crippen molar-refractivity contribution < 1.29 is 9.53 Å². The van der Waals surface area contributed by atoms with E-state index in [1.807, 2.05) is 35.2 Å². The third-order valence-electron chi connectivity index (χ3n) is 4.29. The van der Waals surface area contributed by atoms with Gasteiger partial charge in [-0.2, -0.15) is 0 Å². The van der Waals surface area contributed by atoms with Gasteiger partial charge in [-0.3, -0.25) is 4.90 Å². The summed E-state index contributed by atoms with van der Waals surface area (Å²) in [4.78, 5) is 14.5. The number of hydrogen-bond acceptors (Lipinski definition) is 2. The number of benzene rings is 1. The van der Waals surface area contributed by atoms with Crippen LogP contribution in [0, 0.1) is 5.92 Å². The Labute approximate surface area is 128 Å². The van der Waals surface area contributed by atoms with E-state index in [1.165, 1.54) is 0 Å². The van der Waals surface area contributed by atoms with E-state index < -0.39 is 0 Å². The lowest BCUT2D eigenvalue weighted by molar-refractivity contribution is -0.0421. The number of amides is 1. The molecule has 1 amide bonds. The van der Waals surface area contributed by atoms with Crippen LogP contribution < -0.4 is 0 Å². The monoisotopic (exact) mass is 289 g/mol. The highest BCUT2D eigenvalue weighted by Crippen LogP contribution is 2.41. The first-order chi connectivity index (χ1) is 9.72. The highest BCUT2D eigenvalue weighted by Gasteiger charge is 2.47. The fraction of sp³-hybridized carbons (Fsp3) is 0.611. The average Bonchev–Trinajstić information content (AvgIpc) is 2.34. The lowest BCUT2D eigenvalue weighted by Crippen LogP contribution is -2.62. The molecule has 21 heavy (non-hydrogen) atoms. The summed E-state index contributed by atoms with van der Waals surface area (Å²) in [5.41, 5.74) is 0.677. The van der Waals surface area contributed by atoms with Crippen LogP contribution in [0.4, 0.5) is 4.79 Å². The molecule has 0 aliphatic carbocycles. The van der Waals surface area contributed by atoms with E-state index in [2.05, 4.69) is 34.6 Å². The van der Waals surface area contributed by atoms with Crippen molar-refractivity contribution in [1.82, 2.24) is 4.90 Å². The average molecular weight is 289 g/mol. The standard InChI is InChI=1S/C18H27NO2/c1-14-11-17(2,3)19(18(4,5)12-14)16(20)21-13-15-9-7-6-8-10-15/h6-10,14H,11-13H2,1-5H3. The van der Waals surface area contributed by atoms with E-state index in [9.17, 15) is 4.79 Å². The Bertz CT molecular complexity index is 475. The zero-order valence-corrected chi connectivity index (χ0v) is 13.8. The van der Waals surface area contributed by atoms with Crippen molar-refractivity contribution in [2.75, 3.05) is 0 Å². The number of carbonyl (C=O) groups is 1. The third-order valence-corrected chi connectivity index (χ3v) is 4.29. The molecular weight excluding hydrogens is 262 g/mol. The van der Waals surface area contributed by atoms with E-state index in [-0.39, 0.29) is 17.2 Å². The number of nitrogens with zero attached hydrogens (tertiary/aromatic N) is 1. The van der Waals surface area contributed by atoms with Crippen LogP contribution in [-0.2, 0) is 11.3 Å². The summed E-state index contributed by atoms with van der Waals surface area (Å²) < 4.78 is 5.56. The highest BCUT2D eigenvalue weighted by molar-refractivity contribution is 5.70. The molecule has 0 bridgehead atoms. The van der Waals surface area contributed by atoms with E-state index in [0.717, 1.165) is 18.4 Å². The zero-order valence-electron chi connectivity index (χ0n) is 13.8. The van der Waals surface area contributed by atoms with Crippen LogP contribution in [0.25, 0.3) is 0 Å². The van der Waals surface area contributed by atoms with Gasteiger partial charge < -0.3 is 4.74 Å². The summed E-state index contributed by atoms with van der Waals surface area (Å²) in [7, 11) is 0. The Morgan fingerprint density at radius 2 is 1.67 bits per heavy atom. The van der Waals surface area contributed by atoms with Crippen molar-refractivity contribution >= 4 is 6.09 Å². The first kappa shape index (κ1) is 15.9. The summed E-state index contributed by atoms with van der Waals surface area (Å²) in [6.07, 6.45) is 1.81. The van der Waals surface area contributed by atoms with Crippen molar-refractivity contribution in [2.45, 2.75) is 65.1 Å². The number of likely N-dealkylation sites (tertiary alicyclic amines) is 1. The van der Waals surface area contributed by atoms with Crippen LogP contribution in [-0.4, -0.2) is 22.1 Å². The molecule has 1 aromatic carbocycles. The summed E-state index contributed by atoms with van der Waals surface area (Å²) in [5.74, 6) is 0.619. The van der Waals surface area contributed by atoms with Crippen LogP contribution in [0.15, 0.2) is 30.3 Å². The van der Waals surface area contributed by atoms with Crippen LogP contribution in [0.2, 0.25) is 0 Å². The Morgan fingerprint density at radius 1 is 1.14 bits per heavy atom. The van der Waals surface area contributed by atoms with Gasteiger partial charge in [0.05, 0.1) is 0 Å². The molecule has 0 saturated carbocycles. The van der Waals surface area contributed by atoms with Gasteiger partial charge in [0.25, 0.3) is 0 Å². The third kappa shape index (κ3) is 3.58. The lowest BCUT2D eigenvalue weighted by atomic mass is 9.75. The van der Waals surface area contributed by atoms with Crippen molar-refractivity contribution in [3.05, 3.63) is 35.9 Å². The quantitative estimate of drug-likeness (QED) is 0.795. The first-order valence-corrected chi connectivity index (χ1v) is 7.73. The number of carbonyl (C=O) groups excluding carboxylic acids is 1. The second-order valence-corrected chi connectivity index (χ2v) is 7.51. The second-order valence-electron chi connectivity index (χ2n) is 7.51. The Morgan fingerprint density at radius 3 is 2.19 bits per heavy atom. The molecular formula is C18H27NO2. The summed E-state index contributed by atoms with van der Waals surface area (Å²) in [5, 5.41) is 0.